The summed E-state index contributed by atoms with van der Waals surface area (Å²) < 4.78 is 2.21. The molecule has 0 radical (unpaired) electrons. The normalized spacial score (nSPS) is 20.7. The van der Waals surface area contributed by atoms with Crippen LogP contribution in [-0.2, 0) is 0 Å². The average molecular weight is 253 g/mol. The number of hydrogen-bond acceptors (Lipinski definition) is 3. The molecule has 0 amide bonds. The molecule has 1 fully saturated rings. The van der Waals surface area contributed by atoms with Gasteiger partial charge in [-0.05, 0) is 26.0 Å². The Kier molecular flexibility index (Phi) is 3.71. The molecule has 0 bridgehead atoms. The van der Waals surface area contributed by atoms with Crippen molar-refractivity contribution in [2.24, 2.45) is 0 Å². The van der Waals surface area contributed by atoms with Gasteiger partial charge in [0.15, 0.2) is 0 Å². The van der Waals surface area contributed by atoms with Crippen molar-refractivity contribution in [1.82, 2.24) is 9.55 Å². The van der Waals surface area contributed by atoms with Crippen LogP contribution in [0.25, 0.3) is 0 Å². The van der Waals surface area contributed by atoms with Crippen molar-refractivity contribution < 1.29 is 0 Å². The van der Waals surface area contributed by atoms with Crippen LogP contribution in [0.2, 0.25) is 0 Å². The minimum absolute atomic E-state index is 0.391. The zero-order valence-electron chi connectivity index (χ0n) is 11.2. The summed E-state index contributed by atoms with van der Waals surface area (Å²) in [6.07, 6.45) is 1.22. The zero-order chi connectivity index (χ0) is 12.6. The predicted octanol–water partition coefficient (Wildman–Crippen LogP) is 3.39. The van der Waals surface area contributed by atoms with E-state index in [-0.39, 0.29) is 0 Å². The molecule has 1 aliphatic rings. The van der Waals surface area contributed by atoms with E-state index in [2.05, 4.69) is 32.3 Å². The highest BCUT2D eigenvalue weighted by molar-refractivity contribution is 7.99. The molecule has 0 spiro atoms. The number of nitrogens with two attached hydrogens (primary N) is 1. The van der Waals surface area contributed by atoms with E-state index in [1.807, 2.05) is 11.8 Å². The van der Waals surface area contributed by atoms with E-state index in [1.165, 1.54) is 17.9 Å². The van der Waals surface area contributed by atoms with Gasteiger partial charge in [0.1, 0.15) is 11.6 Å². The minimum atomic E-state index is 0.391. The van der Waals surface area contributed by atoms with Crippen molar-refractivity contribution in [1.29, 1.82) is 0 Å². The van der Waals surface area contributed by atoms with Gasteiger partial charge in [-0.3, -0.25) is 0 Å². The molecule has 0 aromatic carbocycles. The lowest BCUT2D eigenvalue weighted by Gasteiger charge is -2.15. The van der Waals surface area contributed by atoms with E-state index < -0.39 is 0 Å². The van der Waals surface area contributed by atoms with Crippen LogP contribution >= 0.6 is 11.8 Å². The lowest BCUT2D eigenvalue weighted by molar-refractivity contribution is 0.556. The standard InChI is InChI=1S/C13H23N3S/c1-8(2)13-15-11(10-5-6-17-7-10)12(14)16(13)9(3)4/h8-10H,5-7,14H2,1-4H3. The molecule has 1 aromatic rings. The smallest absolute Gasteiger partial charge is 0.127 e. The second-order valence-electron chi connectivity index (χ2n) is 5.42. The largest absolute Gasteiger partial charge is 0.384 e. The molecule has 1 saturated heterocycles. The Bertz CT molecular complexity index is 390. The quantitative estimate of drug-likeness (QED) is 0.898. The molecule has 1 aromatic heterocycles. The maximum atomic E-state index is 6.31. The highest BCUT2D eigenvalue weighted by atomic mass is 32.2. The van der Waals surface area contributed by atoms with E-state index >= 15 is 0 Å². The zero-order valence-corrected chi connectivity index (χ0v) is 12.0. The fourth-order valence-corrected chi connectivity index (χ4v) is 3.71. The number of hydrogen-bond donors (Lipinski definition) is 1. The van der Waals surface area contributed by atoms with Crippen LogP contribution in [0.3, 0.4) is 0 Å². The van der Waals surface area contributed by atoms with Gasteiger partial charge >= 0.3 is 0 Å². The fraction of sp³-hybridized carbons (Fsp3) is 0.769. The monoisotopic (exact) mass is 253 g/mol. The summed E-state index contributed by atoms with van der Waals surface area (Å²) >= 11 is 2.01. The summed E-state index contributed by atoms with van der Waals surface area (Å²) in [4.78, 5) is 4.84. The van der Waals surface area contributed by atoms with Crippen LogP contribution in [0.5, 0.6) is 0 Å². The Labute approximate surface area is 108 Å². The minimum Gasteiger partial charge on any atom is -0.384 e. The van der Waals surface area contributed by atoms with Gasteiger partial charge < -0.3 is 10.3 Å². The average Bonchev–Trinajstić information content (AvgIpc) is 2.83. The summed E-state index contributed by atoms with van der Waals surface area (Å²) in [5.41, 5.74) is 7.46. The van der Waals surface area contributed by atoms with Crippen LogP contribution in [0.1, 0.15) is 63.5 Å². The van der Waals surface area contributed by atoms with Crippen LogP contribution in [-0.4, -0.2) is 21.1 Å². The van der Waals surface area contributed by atoms with Gasteiger partial charge in [-0.15, -0.1) is 0 Å². The highest BCUT2D eigenvalue weighted by Gasteiger charge is 2.27. The Morgan fingerprint density at radius 2 is 2.06 bits per heavy atom. The molecule has 17 heavy (non-hydrogen) atoms. The molecule has 4 heteroatoms. The SMILES string of the molecule is CC(C)c1nc(C2CCSC2)c(N)n1C(C)C. The first-order chi connectivity index (χ1) is 8.02. The number of imidazole rings is 1. The third-order valence-corrected chi connectivity index (χ3v) is 4.52. The Hall–Kier alpha value is -0.640. The fourth-order valence-electron chi connectivity index (χ4n) is 2.48. The lowest BCUT2D eigenvalue weighted by atomic mass is 10.1. The second-order valence-corrected chi connectivity index (χ2v) is 6.57. The summed E-state index contributed by atoms with van der Waals surface area (Å²) in [5, 5.41) is 0. The second kappa shape index (κ2) is 4.92. The van der Waals surface area contributed by atoms with E-state index in [4.69, 9.17) is 10.7 Å². The summed E-state index contributed by atoms with van der Waals surface area (Å²) in [6, 6.07) is 0.391. The highest BCUT2D eigenvalue weighted by Crippen LogP contribution is 2.37. The molecule has 2 rings (SSSR count). The topological polar surface area (TPSA) is 43.8 Å². The summed E-state index contributed by atoms with van der Waals surface area (Å²) in [7, 11) is 0. The van der Waals surface area contributed by atoms with Crippen LogP contribution < -0.4 is 5.73 Å². The molecule has 1 aliphatic heterocycles. The third-order valence-electron chi connectivity index (χ3n) is 3.35. The lowest BCUT2D eigenvalue weighted by Crippen LogP contribution is -2.11. The van der Waals surface area contributed by atoms with E-state index in [0.29, 0.717) is 17.9 Å². The van der Waals surface area contributed by atoms with Gasteiger partial charge in [-0.25, -0.2) is 4.98 Å². The molecular formula is C13H23N3S. The first-order valence-corrected chi connectivity index (χ1v) is 7.63. The number of rotatable bonds is 3. The number of nitrogen functional groups attached to an aromatic ring is 1. The van der Waals surface area contributed by atoms with Gasteiger partial charge in [0, 0.05) is 23.6 Å². The number of thioether (sulfide) groups is 1. The first kappa shape index (κ1) is 12.8. The molecule has 2 N–H and O–H groups in total. The predicted molar refractivity (Wildman–Crippen MR) is 75.8 cm³/mol. The maximum Gasteiger partial charge on any atom is 0.127 e. The van der Waals surface area contributed by atoms with Crippen molar-refractivity contribution in [2.75, 3.05) is 17.2 Å². The van der Waals surface area contributed by atoms with E-state index in [9.17, 15) is 0 Å². The van der Waals surface area contributed by atoms with Crippen molar-refractivity contribution in [2.45, 2.75) is 52.0 Å². The summed E-state index contributed by atoms with van der Waals surface area (Å²) in [6.45, 7) is 8.73. The van der Waals surface area contributed by atoms with Gasteiger partial charge in [-0.1, -0.05) is 13.8 Å². The molecule has 0 aliphatic carbocycles. The van der Waals surface area contributed by atoms with Crippen molar-refractivity contribution in [3.63, 3.8) is 0 Å². The van der Waals surface area contributed by atoms with Crippen LogP contribution in [0, 0.1) is 0 Å². The van der Waals surface area contributed by atoms with Gasteiger partial charge in [0.05, 0.1) is 5.69 Å². The molecule has 2 heterocycles. The van der Waals surface area contributed by atoms with Crippen LogP contribution in [0.15, 0.2) is 0 Å². The van der Waals surface area contributed by atoms with Crippen molar-refractivity contribution in [3.05, 3.63) is 11.5 Å². The molecule has 3 nitrogen and oxygen atoms in total. The molecule has 0 saturated carbocycles. The van der Waals surface area contributed by atoms with E-state index in [0.717, 1.165) is 17.3 Å². The Morgan fingerprint density at radius 1 is 1.35 bits per heavy atom. The molecule has 1 atom stereocenters. The number of nitrogens with zero attached hydrogens (tertiary/aromatic N) is 2. The third kappa shape index (κ3) is 2.32. The maximum absolute atomic E-state index is 6.31. The summed E-state index contributed by atoms with van der Waals surface area (Å²) in [5.74, 6) is 5.47. The van der Waals surface area contributed by atoms with Gasteiger partial charge in [0.2, 0.25) is 0 Å². The van der Waals surface area contributed by atoms with E-state index in [1.54, 1.807) is 0 Å². The van der Waals surface area contributed by atoms with Gasteiger partial charge in [0.25, 0.3) is 0 Å². The Balaban J connectivity index is 2.43. The molecule has 1 unspecified atom stereocenters. The first-order valence-electron chi connectivity index (χ1n) is 6.47. The number of aromatic nitrogens is 2. The van der Waals surface area contributed by atoms with Crippen LogP contribution in [0.4, 0.5) is 5.82 Å². The molecular weight excluding hydrogens is 230 g/mol. The molecule has 96 valence electrons. The van der Waals surface area contributed by atoms with Crippen molar-refractivity contribution >= 4 is 17.6 Å². The van der Waals surface area contributed by atoms with Gasteiger partial charge in [-0.2, -0.15) is 11.8 Å². The number of anilines is 1. The Morgan fingerprint density at radius 3 is 2.47 bits per heavy atom. The van der Waals surface area contributed by atoms with Crippen molar-refractivity contribution in [3.8, 4) is 0 Å².